The van der Waals surface area contributed by atoms with Gasteiger partial charge in [0.05, 0.1) is 12.6 Å². The first-order valence-electron chi connectivity index (χ1n) is 17.9. The van der Waals surface area contributed by atoms with Gasteiger partial charge in [0.25, 0.3) is 0 Å². The lowest BCUT2D eigenvalue weighted by Gasteiger charge is -2.22. The zero-order valence-electron chi connectivity index (χ0n) is 29.9. The standard InChI is InChI=1S/C40H54N4O5S/c1-5-6-7-8-11-24-49-32-19-17-29(18-20-32)31-26-42-37(43-27-31)30-15-13-28(14-16-30)25-33(38(47)41-23-10-9-12-36(45)46)44-39(48)34-21-22-35(50-34)40(2,3)4/h13-22,26-27,33,36,39,44-46,48H,5-12,23-25H2,1-4H3,(H,41,47). The summed E-state index contributed by atoms with van der Waals surface area (Å²) in [5.74, 6) is 1.24. The van der Waals surface area contributed by atoms with Crippen LogP contribution in [0.2, 0.25) is 0 Å². The van der Waals surface area contributed by atoms with Gasteiger partial charge in [-0.05, 0) is 72.9 Å². The number of nitrogens with zero attached hydrogens (tertiary/aromatic N) is 2. The maximum absolute atomic E-state index is 13.3. The highest BCUT2D eigenvalue weighted by molar-refractivity contribution is 7.12. The van der Waals surface area contributed by atoms with Crippen molar-refractivity contribution in [2.75, 3.05) is 13.2 Å². The van der Waals surface area contributed by atoms with Gasteiger partial charge in [-0.1, -0.05) is 89.8 Å². The number of aromatic nitrogens is 2. The Balaban J connectivity index is 1.37. The van der Waals surface area contributed by atoms with E-state index in [4.69, 9.17) is 14.9 Å². The normalized spacial score (nSPS) is 13.0. The van der Waals surface area contributed by atoms with Gasteiger partial charge >= 0.3 is 0 Å². The fraction of sp³-hybridized carbons (Fsp3) is 0.475. The fourth-order valence-electron chi connectivity index (χ4n) is 5.48. The minimum atomic E-state index is -1.35. The maximum Gasteiger partial charge on any atom is 0.237 e. The molecule has 2 aromatic carbocycles. The van der Waals surface area contributed by atoms with E-state index in [0.29, 0.717) is 31.6 Å². The van der Waals surface area contributed by atoms with Crippen LogP contribution in [0.15, 0.2) is 73.1 Å². The number of hydrogen-bond acceptors (Lipinski definition) is 9. The van der Waals surface area contributed by atoms with E-state index in [2.05, 4.69) is 48.3 Å². The average Bonchev–Trinajstić information content (AvgIpc) is 3.62. The lowest BCUT2D eigenvalue weighted by Crippen LogP contribution is -2.47. The summed E-state index contributed by atoms with van der Waals surface area (Å²) in [6.45, 7) is 9.74. The van der Waals surface area contributed by atoms with Gasteiger partial charge in [-0.25, -0.2) is 9.97 Å². The summed E-state index contributed by atoms with van der Waals surface area (Å²) in [4.78, 5) is 24.5. The molecule has 50 heavy (non-hydrogen) atoms. The summed E-state index contributed by atoms with van der Waals surface area (Å²) >= 11 is 1.53. The van der Waals surface area contributed by atoms with Gasteiger partial charge in [0.15, 0.2) is 12.1 Å². The van der Waals surface area contributed by atoms with Crippen molar-refractivity contribution in [2.24, 2.45) is 0 Å². The van der Waals surface area contributed by atoms with Crippen LogP contribution in [0.5, 0.6) is 5.75 Å². The summed E-state index contributed by atoms with van der Waals surface area (Å²) in [7, 11) is 0. The Morgan fingerprint density at radius 2 is 1.50 bits per heavy atom. The van der Waals surface area contributed by atoms with E-state index in [-0.39, 0.29) is 17.7 Å². The molecule has 0 saturated carbocycles. The van der Waals surface area contributed by atoms with Crippen molar-refractivity contribution in [2.45, 2.75) is 109 Å². The quantitative estimate of drug-likeness (QED) is 0.0478. The van der Waals surface area contributed by atoms with Crippen molar-refractivity contribution >= 4 is 17.2 Å². The number of hydrogen-bond donors (Lipinski definition) is 5. The van der Waals surface area contributed by atoms with Gasteiger partial charge < -0.3 is 25.4 Å². The van der Waals surface area contributed by atoms with Crippen LogP contribution in [0, 0.1) is 0 Å². The van der Waals surface area contributed by atoms with Gasteiger partial charge in [-0.3, -0.25) is 10.1 Å². The third kappa shape index (κ3) is 12.6. The molecule has 2 unspecified atom stereocenters. The number of amides is 1. The number of unbranched alkanes of at least 4 members (excludes halogenated alkanes) is 5. The van der Waals surface area contributed by atoms with Crippen LogP contribution >= 0.6 is 11.3 Å². The van der Waals surface area contributed by atoms with E-state index in [1.165, 1.54) is 37.0 Å². The molecule has 9 nitrogen and oxygen atoms in total. The Labute approximate surface area is 301 Å². The van der Waals surface area contributed by atoms with Crippen LogP contribution < -0.4 is 15.4 Å². The minimum absolute atomic E-state index is 0.0406. The number of aliphatic hydroxyl groups excluding tert-OH is 2. The van der Waals surface area contributed by atoms with Crippen molar-refractivity contribution < 1.29 is 24.9 Å². The molecule has 0 radical (unpaired) electrons. The topological polar surface area (TPSA) is 137 Å². The summed E-state index contributed by atoms with van der Waals surface area (Å²) in [5.41, 5.74) is 3.67. The number of benzene rings is 2. The Kier molecular flexibility index (Phi) is 15.4. The van der Waals surface area contributed by atoms with Crippen LogP contribution in [0.25, 0.3) is 22.5 Å². The average molecular weight is 703 g/mol. The predicted molar refractivity (Wildman–Crippen MR) is 201 cm³/mol. The molecule has 10 heteroatoms. The second-order valence-electron chi connectivity index (χ2n) is 13.8. The van der Waals surface area contributed by atoms with Gasteiger partial charge in [0, 0.05) is 39.8 Å². The van der Waals surface area contributed by atoms with E-state index in [1.54, 1.807) is 0 Å². The van der Waals surface area contributed by atoms with Crippen molar-refractivity contribution in [3.05, 3.63) is 88.4 Å². The molecular formula is C40H54N4O5S. The number of thiophene rings is 1. The van der Waals surface area contributed by atoms with Crippen LogP contribution in [0.4, 0.5) is 0 Å². The molecule has 0 saturated heterocycles. The Hall–Kier alpha value is -3.67. The molecule has 0 aliphatic heterocycles. The van der Waals surface area contributed by atoms with Crippen molar-refractivity contribution in [1.29, 1.82) is 0 Å². The van der Waals surface area contributed by atoms with E-state index in [9.17, 15) is 9.90 Å². The van der Waals surface area contributed by atoms with Gasteiger partial charge in [0.1, 0.15) is 12.0 Å². The molecule has 0 spiro atoms. The number of ether oxygens (including phenoxy) is 1. The number of carbonyl (C=O) groups is 1. The van der Waals surface area contributed by atoms with E-state index in [1.807, 2.05) is 73.1 Å². The molecule has 0 aliphatic rings. The van der Waals surface area contributed by atoms with E-state index >= 15 is 0 Å². The van der Waals surface area contributed by atoms with Crippen molar-refractivity contribution in [1.82, 2.24) is 20.6 Å². The minimum Gasteiger partial charge on any atom is -0.494 e. The number of rotatable bonds is 20. The number of nitrogens with one attached hydrogen (secondary N) is 2. The Morgan fingerprint density at radius 1 is 0.820 bits per heavy atom. The van der Waals surface area contributed by atoms with Crippen LogP contribution in [0.1, 0.15) is 101 Å². The molecule has 4 rings (SSSR count). The molecule has 4 aromatic rings. The molecule has 0 fully saturated rings. The van der Waals surface area contributed by atoms with E-state index in [0.717, 1.165) is 50.8 Å². The smallest absolute Gasteiger partial charge is 0.237 e. The molecule has 0 bridgehead atoms. The Morgan fingerprint density at radius 3 is 2.14 bits per heavy atom. The van der Waals surface area contributed by atoms with Crippen LogP contribution in [-0.2, 0) is 16.6 Å². The second kappa shape index (κ2) is 19.7. The SMILES string of the molecule is CCCCCCCOc1ccc(-c2cnc(-c3ccc(CC(NC(O)c4ccc(C(C)(C)C)s4)C(=O)NCCCCC(O)O)cc3)nc2)cc1. The van der Waals surface area contributed by atoms with Crippen molar-refractivity contribution in [3.8, 4) is 28.3 Å². The molecule has 270 valence electrons. The molecule has 2 atom stereocenters. The van der Waals surface area contributed by atoms with Crippen LogP contribution in [0.3, 0.4) is 0 Å². The highest BCUT2D eigenvalue weighted by Crippen LogP contribution is 2.32. The summed E-state index contributed by atoms with van der Waals surface area (Å²) in [6, 6.07) is 19.0. The third-order valence-electron chi connectivity index (χ3n) is 8.51. The first kappa shape index (κ1) is 39.1. The molecule has 0 aliphatic carbocycles. The molecule has 1 amide bonds. The first-order chi connectivity index (χ1) is 24.0. The van der Waals surface area contributed by atoms with E-state index < -0.39 is 18.6 Å². The Bertz CT molecular complexity index is 1570. The van der Waals surface area contributed by atoms with Crippen LogP contribution in [-0.4, -0.2) is 56.7 Å². The largest absolute Gasteiger partial charge is 0.494 e. The third-order valence-corrected chi connectivity index (χ3v) is 10.1. The molecule has 2 heterocycles. The molecular weight excluding hydrogens is 649 g/mol. The van der Waals surface area contributed by atoms with Gasteiger partial charge in [-0.2, -0.15) is 0 Å². The number of carbonyl (C=O) groups excluding carboxylic acids is 1. The predicted octanol–water partition coefficient (Wildman–Crippen LogP) is 7.31. The molecule has 2 aromatic heterocycles. The summed E-state index contributed by atoms with van der Waals surface area (Å²) < 4.78 is 5.90. The lowest BCUT2D eigenvalue weighted by atomic mass is 9.95. The highest BCUT2D eigenvalue weighted by Gasteiger charge is 2.25. The highest BCUT2D eigenvalue weighted by atomic mass is 32.1. The first-order valence-corrected chi connectivity index (χ1v) is 18.7. The molecule has 5 N–H and O–H groups in total. The zero-order chi connectivity index (χ0) is 35.9. The summed E-state index contributed by atoms with van der Waals surface area (Å²) in [5, 5.41) is 35.4. The zero-order valence-corrected chi connectivity index (χ0v) is 30.7. The lowest BCUT2D eigenvalue weighted by molar-refractivity contribution is -0.124. The van der Waals surface area contributed by atoms with Gasteiger partial charge in [0.2, 0.25) is 5.91 Å². The monoisotopic (exact) mass is 702 g/mol. The summed E-state index contributed by atoms with van der Waals surface area (Å²) in [6.07, 6.45) is 9.15. The fourth-order valence-corrected chi connectivity index (χ4v) is 6.49. The number of aliphatic hydroxyl groups is 3. The van der Waals surface area contributed by atoms with Gasteiger partial charge in [-0.15, -0.1) is 11.3 Å². The second-order valence-corrected chi connectivity index (χ2v) is 14.9. The van der Waals surface area contributed by atoms with Crippen molar-refractivity contribution in [3.63, 3.8) is 0 Å². The maximum atomic E-state index is 13.3.